The predicted octanol–water partition coefficient (Wildman–Crippen LogP) is 5.45. The van der Waals surface area contributed by atoms with E-state index in [1.807, 2.05) is 18.0 Å². The number of aromatic nitrogens is 2. The third-order valence-electron chi connectivity index (χ3n) is 9.63. The number of ether oxygens (including phenoxy) is 3. The topological polar surface area (TPSA) is 110 Å². The van der Waals surface area contributed by atoms with Crippen LogP contribution in [0.3, 0.4) is 0 Å². The van der Waals surface area contributed by atoms with Crippen LogP contribution in [0.15, 0.2) is 12.1 Å². The van der Waals surface area contributed by atoms with Crippen LogP contribution in [0.2, 0.25) is 5.02 Å². The molecule has 9 nitrogen and oxygen atoms in total. The standard InChI is InChI=1S/C30H26ClF3N6O3S/c1-39-27-20-23(37-28(38-27)43-12-29-5-2-6-40(29)9-14(32)7-29)22(34)19(21(31)24(20)42-13-30(39)10-41-11-30)15-3-4-17(33)25-18(15)16(8-35)26(36)44-25/h3-4,14H,2,5-7,9-13,36H2,1H3/t14-,29+/m1/s1. The second-order valence-corrected chi connectivity index (χ2v) is 13.5. The predicted molar refractivity (Wildman–Crippen MR) is 160 cm³/mol. The smallest absolute Gasteiger partial charge is 0.319 e. The molecule has 228 valence electrons. The Morgan fingerprint density at radius 1 is 1.25 bits per heavy atom. The van der Waals surface area contributed by atoms with Crippen molar-refractivity contribution in [2.24, 2.45) is 0 Å². The minimum absolute atomic E-state index is 0.0302. The number of hydrogen-bond acceptors (Lipinski definition) is 10. The summed E-state index contributed by atoms with van der Waals surface area (Å²) >= 11 is 7.87. The van der Waals surface area contributed by atoms with Gasteiger partial charge in [-0.2, -0.15) is 15.2 Å². The first kappa shape index (κ1) is 27.9. The van der Waals surface area contributed by atoms with Gasteiger partial charge in [-0.3, -0.25) is 4.90 Å². The SMILES string of the molecule is CN1c2nc(OC[C@@]34CCCN3C[C@H](F)C4)nc3c(F)c(-c4ccc(F)c5sc(N)c(C#N)c45)c(Cl)c(c23)OCC12COC2. The molecule has 3 saturated heterocycles. The number of nitrogens with zero attached hydrogens (tertiary/aromatic N) is 5. The lowest BCUT2D eigenvalue weighted by atomic mass is 9.95. The molecule has 6 heterocycles. The van der Waals surface area contributed by atoms with Crippen LogP contribution in [-0.2, 0) is 4.74 Å². The van der Waals surface area contributed by atoms with Crippen molar-refractivity contribution in [2.75, 3.05) is 57.2 Å². The lowest BCUT2D eigenvalue weighted by molar-refractivity contribution is -0.0732. The van der Waals surface area contributed by atoms with Crippen LogP contribution in [0, 0.1) is 23.0 Å². The Kier molecular flexibility index (Phi) is 6.17. The summed E-state index contributed by atoms with van der Waals surface area (Å²) in [6, 6.07) is 4.51. The number of halogens is 4. The van der Waals surface area contributed by atoms with Crippen molar-refractivity contribution in [1.82, 2.24) is 14.9 Å². The van der Waals surface area contributed by atoms with Gasteiger partial charge in [0.2, 0.25) is 0 Å². The number of nitrogens with two attached hydrogens (primary N) is 1. The Morgan fingerprint density at radius 3 is 2.82 bits per heavy atom. The zero-order chi connectivity index (χ0) is 30.5. The summed E-state index contributed by atoms with van der Waals surface area (Å²) < 4.78 is 64.4. The number of alkyl halides is 1. The van der Waals surface area contributed by atoms with Crippen LogP contribution in [0.25, 0.3) is 32.1 Å². The average molecular weight is 643 g/mol. The van der Waals surface area contributed by atoms with Gasteiger partial charge in [-0.05, 0) is 31.0 Å². The van der Waals surface area contributed by atoms with Crippen molar-refractivity contribution in [3.8, 4) is 29.0 Å². The molecule has 8 rings (SSSR count). The van der Waals surface area contributed by atoms with E-state index in [2.05, 4.69) is 9.88 Å². The molecule has 0 radical (unpaired) electrons. The molecule has 2 N–H and O–H groups in total. The summed E-state index contributed by atoms with van der Waals surface area (Å²) in [6.07, 6.45) is 1.13. The molecule has 4 aliphatic rings. The van der Waals surface area contributed by atoms with Gasteiger partial charge in [0, 0.05) is 31.0 Å². The second kappa shape index (κ2) is 9.71. The fourth-order valence-corrected chi connectivity index (χ4v) is 8.50. The molecule has 44 heavy (non-hydrogen) atoms. The Morgan fingerprint density at radius 2 is 2.07 bits per heavy atom. The van der Waals surface area contributed by atoms with Crippen molar-refractivity contribution >= 4 is 54.7 Å². The number of nitrogen functional groups attached to an aromatic ring is 1. The van der Waals surface area contributed by atoms with Crippen molar-refractivity contribution in [3.63, 3.8) is 0 Å². The van der Waals surface area contributed by atoms with Crippen LogP contribution >= 0.6 is 22.9 Å². The Labute approximate surface area is 258 Å². The first-order valence-corrected chi connectivity index (χ1v) is 15.5. The first-order chi connectivity index (χ1) is 21.2. The largest absolute Gasteiger partial charge is 0.488 e. The van der Waals surface area contributed by atoms with E-state index in [-0.39, 0.29) is 72.7 Å². The maximum Gasteiger partial charge on any atom is 0.319 e. The van der Waals surface area contributed by atoms with E-state index in [0.29, 0.717) is 32.0 Å². The molecule has 4 aromatic rings. The highest BCUT2D eigenvalue weighted by Gasteiger charge is 2.50. The molecular formula is C30H26ClF3N6O3S. The van der Waals surface area contributed by atoms with Gasteiger partial charge in [0.1, 0.15) is 53.1 Å². The fraction of sp³-hybridized carbons (Fsp3) is 0.433. The zero-order valence-corrected chi connectivity index (χ0v) is 25.1. The molecule has 0 aliphatic carbocycles. The quantitative estimate of drug-likeness (QED) is 0.311. The number of fused-ring (bicyclic) bond motifs is 2. The highest BCUT2D eigenvalue weighted by Crippen LogP contribution is 2.52. The van der Waals surface area contributed by atoms with Crippen LogP contribution in [-0.4, -0.2) is 78.7 Å². The average Bonchev–Trinajstić information content (AvgIpc) is 3.59. The van der Waals surface area contributed by atoms with E-state index in [0.717, 1.165) is 30.7 Å². The monoisotopic (exact) mass is 642 g/mol. The number of thiophene rings is 1. The summed E-state index contributed by atoms with van der Waals surface area (Å²) in [5, 5.41) is 10.3. The molecule has 1 spiro atoms. The third-order valence-corrected chi connectivity index (χ3v) is 11.0. The van der Waals surface area contributed by atoms with Crippen molar-refractivity contribution in [2.45, 2.75) is 36.5 Å². The maximum atomic E-state index is 16.9. The number of benzene rings is 2. The second-order valence-electron chi connectivity index (χ2n) is 12.1. The van der Waals surface area contributed by atoms with Gasteiger partial charge in [-0.25, -0.2) is 13.2 Å². The normalized spacial score (nSPS) is 23.9. The van der Waals surface area contributed by atoms with Gasteiger partial charge in [0.25, 0.3) is 0 Å². The maximum absolute atomic E-state index is 16.9. The van der Waals surface area contributed by atoms with Crippen molar-refractivity contribution in [3.05, 3.63) is 34.4 Å². The number of hydrogen-bond donors (Lipinski definition) is 1. The van der Waals surface area contributed by atoms with Crippen LogP contribution in [0.5, 0.6) is 11.8 Å². The highest BCUT2D eigenvalue weighted by molar-refractivity contribution is 7.23. The molecule has 0 bridgehead atoms. The third kappa shape index (κ3) is 3.77. The van der Waals surface area contributed by atoms with Crippen LogP contribution in [0.4, 0.5) is 24.0 Å². The van der Waals surface area contributed by atoms with Gasteiger partial charge >= 0.3 is 6.01 Å². The lowest BCUT2D eigenvalue weighted by Crippen LogP contribution is -2.64. The number of nitriles is 1. The van der Waals surface area contributed by atoms with Gasteiger partial charge in [-0.15, -0.1) is 11.3 Å². The van der Waals surface area contributed by atoms with E-state index in [1.165, 1.54) is 12.1 Å². The van der Waals surface area contributed by atoms with E-state index in [1.54, 1.807) is 0 Å². The van der Waals surface area contributed by atoms with Gasteiger partial charge < -0.3 is 24.8 Å². The molecule has 0 unspecified atom stereocenters. The molecule has 2 aromatic carbocycles. The summed E-state index contributed by atoms with van der Waals surface area (Å²) in [6.45, 7) is 2.17. The van der Waals surface area contributed by atoms with Crippen molar-refractivity contribution < 1.29 is 27.4 Å². The number of likely N-dealkylation sites (N-methyl/N-ethyl adjacent to an activating group) is 1. The molecule has 2 aromatic heterocycles. The minimum Gasteiger partial charge on any atom is -0.488 e. The molecule has 3 fully saturated rings. The van der Waals surface area contributed by atoms with E-state index in [9.17, 15) is 14.0 Å². The van der Waals surface area contributed by atoms with Gasteiger partial charge in [0.15, 0.2) is 11.6 Å². The molecule has 0 saturated carbocycles. The van der Waals surface area contributed by atoms with E-state index >= 15 is 4.39 Å². The molecule has 2 atom stereocenters. The molecule has 14 heteroatoms. The summed E-state index contributed by atoms with van der Waals surface area (Å²) in [5.74, 6) is -0.895. The van der Waals surface area contributed by atoms with Gasteiger partial charge in [0.05, 0.1) is 39.4 Å². The Balaban J connectivity index is 1.35. The van der Waals surface area contributed by atoms with Crippen LogP contribution in [0.1, 0.15) is 24.8 Å². The van der Waals surface area contributed by atoms with Crippen molar-refractivity contribution in [1.29, 1.82) is 5.26 Å². The van der Waals surface area contributed by atoms with Crippen LogP contribution < -0.4 is 20.1 Å². The number of anilines is 2. The summed E-state index contributed by atoms with van der Waals surface area (Å²) in [4.78, 5) is 13.3. The zero-order valence-electron chi connectivity index (χ0n) is 23.6. The van der Waals surface area contributed by atoms with Gasteiger partial charge in [-0.1, -0.05) is 17.7 Å². The van der Waals surface area contributed by atoms with E-state index in [4.69, 9.17) is 36.5 Å². The molecule has 0 amide bonds. The summed E-state index contributed by atoms with van der Waals surface area (Å²) in [5.41, 5.74) is 4.99. The molecular weight excluding hydrogens is 617 g/mol. The Bertz CT molecular complexity index is 1930. The lowest BCUT2D eigenvalue weighted by Gasteiger charge is -2.46. The first-order valence-electron chi connectivity index (χ1n) is 14.3. The Hall–Kier alpha value is -3.57. The van der Waals surface area contributed by atoms with E-state index < -0.39 is 28.9 Å². The summed E-state index contributed by atoms with van der Waals surface area (Å²) in [7, 11) is 1.82. The minimum atomic E-state index is -0.940. The number of rotatable bonds is 4. The molecule has 4 aliphatic heterocycles. The fourth-order valence-electron chi connectivity index (χ4n) is 7.21. The highest BCUT2D eigenvalue weighted by atomic mass is 35.5.